The minimum Gasteiger partial charge on any atom is -0.482 e. The molecule has 1 aromatic carbocycles. The molecule has 1 rings (SSSR count). The molecule has 0 fully saturated rings. The molecule has 0 aliphatic rings. The lowest BCUT2D eigenvalue weighted by Crippen LogP contribution is -2.30. The van der Waals surface area contributed by atoms with Gasteiger partial charge >= 0.3 is 5.97 Å². The Morgan fingerprint density at radius 2 is 2.04 bits per heavy atom. The number of esters is 1. The van der Waals surface area contributed by atoms with Gasteiger partial charge in [0.2, 0.25) is 0 Å². The van der Waals surface area contributed by atoms with Crippen LogP contribution in [0, 0.1) is 18.3 Å². The zero-order chi connectivity index (χ0) is 18.1. The van der Waals surface area contributed by atoms with E-state index in [1.54, 1.807) is 6.07 Å². The molecule has 0 spiro atoms. The molecule has 0 heterocycles. The summed E-state index contributed by atoms with van der Waals surface area (Å²) in [6.45, 7) is 5.38. The number of nitrogens with zero attached hydrogens (tertiary/aromatic N) is 1. The smallest absolute Gasteiger partial charge is 0.344 e. The predicted molar refractivity (Wildman–Crippen MR) is 90.0 cm³/mol. The molecule has 1 amide bonds. The fourth-order valence-corrected chi connectivity index (χ4v) is 2.05. The van der Waals surface area contributed by atoms with Gasteiger partial charge < -0.3 is 14.8 Å². The lowest BCUT2D eigenvalue weighted by atomic mass is 10.0. The van der Waals surface area contributed by atoms with Crippen LogP contribution in [0.4, 0.5) is 0 Å². The fourth-order valence-electron chi connectivity index (χ4n) is 1.88. The Morgan fingerprint density at radius 3 is 2.67 bits per heavy atom. The molecule has 1 aromatic rings. The van der Waals surface area contributed by atoms with E-state index in [1.165, 1.54) is 0 Å². The van der Waals surface area contributed by atoms with Crippen molar-refractivity contribution in [1.82, 2.24) is 5.32 Å². The highest BCUT2D eigenvalue weighted by atomic mass is 35.5. The summed E-state index contributed by atoms with van der Waals surface area (Å²) in [4.78, 5) is 23.0. The van der Waals surface area contributed by atoms with E-state index >= 15 is 0 Å². The maximum atomic E-state index is 11.7. The van der Waals surface area contributed by atoms with Crippen LogP contribution >= 0.6 is 11.6 Å². The van der Waals surface area contributed by atoms with Gasteiger partial charge in [-0.25, -0.2) is 4.79 Å². The second-order valence-electron chi connectivity index (χ2n) is 5.50. The molecule has 0 unspecified atom stereocenters. The van der Waals surface area contributed by atoms with Crippen LogP contribution in [-0.2, 0) is 14.3 Å². The van der Waals surface area contributed by atoms with E-state index < -0.39 is 18.5 Å². The number of ether oxygens (including phenoxy) is 2. The summed E-state index contributed by atoms with van der Waals surface area (Å²) in [6, 6.07) is 5.50. The van der Waals surface area contributed by atoms with E-state index in [0.29, 0.717) is 10.8 Å². The number of amides is 1. The van der Waals surface area contributed by atoms with Crippen LogP contribution in [-0.4, -0.2) is 31.6 Å². The lowest BCUT2D eigenvalue weighted by Gasteiger charge is -2.15. The molecule has 0 aliphatic carbocycles. The highest BCUT2D eigenvalue weighted by Crippen LogP contribution is 2.31. The van der Waals surface area contributed by atoms with Gasteiger partial charge in [0.05, 0.1) is 12.5 Å². The SMILES string of the molecule is Cc1cc(OCC(=O)OCC(=O)NCCC#N)c(C(C)C)cc1Cl. The molecule has 0 bridgehead atoms. The Labute approximate surface area is 146 Å². The molecule has 6 nitrogen and oxygen atoms in total. The van der Waals surface area contributed by atoms with Gasteiger partial charge in [-0.15, -0.1) is 0 Å². The van der Waals surface area contributed by atoms with E-state index in [2.05, 4.69) is 5.32 Å². The first-order chi connectivity index (χ1) is 11.3. The van der Waals surface area contributed by atoms with Crippen molar-refractivity contribution in [2.75, 3.05) is 19.8 Å². The van der Waals surface area contributed by atoms with Gasteiger partial charge in [0, 0.05) is 11.6 Å². The summed E-state index contributed by atoms with van der Waals surface area (Å²) in [5.74, 6) is -0.348. The Morgan fingerprint density at radius 1 is 1.33 bits per heavy atom. The number of aryl methyl sites for hydroxylation is 1. The fraction of sp³-hybridized carbons (Fsp3) is 0.471. The molecule has 0 aliphatic heterocycles. The summed E-state index contributed by atoms with van der Waals surface area (Å²) in [5, 5.41) is 11.5. The monoisotopic (exact) mass is 352 g/mol. The third-order valence-electron chi connectivity index (χ3n) is 3.18. The number of halogens is 1. The molecule has 0 saturated heterocycles. The van der Waals surface area contributed by atoms with Gasteiger partial charge in [-0.05, 0) is 36.1 Å². The normalized spacial score (nSPS) is 10.2. The van der Waals surface area contributed by atoms with Crippen molar-refractivity contribution < 1.29 is 19.1 Å². The van der Waals surface area contributed by atoms with Gasteiger partial charge in [-0.1, -0.05) is 25.4 Å². The zero-order valence-electron chi connectivity index (χ0n) is 14.0. The maximum absolute atomic E-state index is 11.7. The number of hydrogen-bond donors (Lipinski definition) is 1. The highest BCUT2D eigenvalue weighted by Gasteiger charge is 2.14. The number of nitriles is 1. The van der Waals surface area contributed by atoms with E-state index in [0.717, 1.165) is 11.1 Å². The van der Waals surface area contributed by atoms with Crippen LogP contribution in [0.2, 0.25) is 5.02 Å². The van der Waals surface area contributed by atoms with Gasteiger partial charge in [-0.2, -0.15) is 5.26 Å². The molecule has 7 heteroatoms. The summed E-state index contributed by atoms with van der Waals surface area (Å²) >= 11 is 6.12. The minimum absolute atomic E-state index is 0.181. The van der Waals surface area contributed by atoms with Crippen molar-refractivity contribution >= 4 is 23.5 Å². The number of hydrogen-bond acceptors (Lipinski definition) is 5. The van der Waals surface area contributed by atoms with Gasteiger partial charge in [0.1, 0.15) is 5.75 Å². The summed E-state index contributed by atoms with van der Waals surface area (Å²) < 4.78 is 10.3. The molecule has 0 radical (unpaired) electrons. The number of nitrogens with one attached hydrogen (secondary N) is 1. The topological polar surface area (TPSA) is 88.4 Å². The van der Waals surface area contributed by atoms with Crippen LogP contribution in [0.5, 0.6) is 5.75 Å². The van der Waals surface area contributed by atoms with E-state index in [9.17, 15) is 9.59 Å². The number of carbonyl (C=O) groups excluding carboxylic acids is 2. The van der Waals surface area contributed by atoms with Crippen molar-refractivity contribution in [2.24, 2.45) is 0 Å². The number of rotatable bonds is 8. The highest BCUT2D eigenvalue weighted by molar-refractivity contribution is 6.31. The van der Waals surface area contributed by atoms with Gasteiger partial charge in [-0.3, -0.25) is 4.79 Å². The van der Waals surface area contributed by atoms with Crippen LogP contribution in [0.25, 0.3) is 0 Å². The van der Waals surface area contributed by atoms with Crippen molar-refractivity contribution in [3.05, 3.63) is 28.3 Å². The number of benzene rings is 1. The van der Waals surface area contributed by atoms with Crippen molar-refractivity contribution in [3.63, 3.8) is 0 Å². The second-order valence-corrected chi connectivity index (χ2v) is 5.91. The maximum Gasteiger partial charge on any atom is 0.344 e. The molecule has 24 heavy (non-hydrogen) atoms. The third-order valence-corrected chi connectivity index (χ3v) is 3.59. The Balaban J connectivity index is 2.51. The van der Waals surface area contributed by atoms with Crippen LogP contribution in [0.3, 0.4) is 0 Å². The third kappa shape index (κ3) is 6.47. The first-order valence-corrected chi connectivity index (χ1v) is 7.95. The molecular weight excluding hydrogens is 332 g/mol. The number of carbonyl (C=O) groups is 2. The Bertz CT molecular complexity index is 638. The quantitative estimate of drug-likeness (QED) is 0.574. The molecule has 1 N–H and O–H groups in total. The second kappa shape index (κ2) is 9.78. The summed E-state index contributed by atoms with van der Waals surface area (Å²) in [6.07, 6.45) is 0.205. The first-order valence-electron chi connectivity index (χ1n) is 7.57. The predicted octanol–water partition coefficient (Wildman–Crippen LogP) is 2.72. The van der Waals surface area contributed by atoms with Crippen molar-refractivity contribution in [1.29, 1.82) is 5.26 Å². The first kappa shape index (κ1) is 19.8. The summed E-state index contributed by atoms with van der Waals surface area (Å²) in [5.41, 5.74) is 1.74. The zero-order valence-corrected chi connectivity index (χ0v) is 14.8. The van der Waals surface area contributed by atoms with Crippen LogP contribution in [0.1, 0.15) is 37.3 Å². The molecule has 0 atom stereocenters. The lowest BCUT2D eigenvalue weighted by molar-refractivity contribution is -0.150. The van der Waals surface area contributed by atoms with E-state index in [4.69, 9.17) is 26.3 Å². The van der Waals surface area contributed by atoms with Gasteiger partial charge in [0.15, 0.2) is 13.2 Å². The minimum atomic E-state index is -0.646. The summed E-state index contributed by atoms with van der Waals surface area (Å²) in [7, 11) is 0. The average Bonchev–Trinajstić information content (AvgIpc) is 2.53. The van der Waals surface area contributed by atoms with Gasteiger partial charge in [0.25, 0.3) is 5.91 Å². The molecule has 0 saturated carbocycles. The Hall–Kier alpha value is -2.26. The van der Waals surface area contributed by atoms with Crippen LogP contribution in [0.15, 0.2) is 12.1 Å². The van der Waals surface area contributed by atoms with E-state index in [-0.39, 0.29) is 25.5 Å². The van der Waals surface area contributed by atoms with Crippen molar-refractivity contribution in [3.8, 4) is 11.8 Å². The molecule has 0 aromatic heterocycles. The average molecular weight is 353 g/mol. The van der Waals surface area contributed by atoms with Crippen molar-refractivity contribution in [2.45, 2.75) is 33.1 Å². The Kier molecular flexibility index (Phi) is 8.07. The molecular formula is C17H21ClN2O4. The van der Waals surface area contributed by atoms with E-state index in [1.807, 2.05) is 32.9 Å². The molecule has 130 valence electrons. The standard InChI is InChI=1S/C17H21ClN2O4/c1-11(2)13-8-14(18)12(3)7-15(13)23-10-17(22)24-9-16(21)20-6-4-5-19/h7-8,11H,4,6,9-10H2,1-3H3,(H,20,21). The van der Waals surface area contributed by atoms with Crippen LogP contribution < -0.4 is 10.1 Å². The largest absolute Gasteiger partial charge is 0.482 e.